The first kappa shape index (κ1) is 26.6. The van der Waals surface area contributed by atoms with Gasteiger partial charge in [0.1, 0.15) is 0 Å². The molecule has 0 aromatic rings. The van der Waals surface area contributed by atoms with Crippen molar-refractivity contribution in [3.05, 3.63) is 70.4 Å². The molecule has 0 saturated carbocycles. The molecule has 0 saturated heterocycles. The van der Waals surface area contributed by atoms with Crippen molar-refractivity contribution in [1.82, 2.24) is 5.32 Å². The normalized spacial score (nSPS) is 17.3. The molecule has 0 amide bonds. The van der Waals surface area contributed by atoms with E-state index >= 15 is 0 Å². The van der Waals surface area contributed by atoms with Gasteiger partial charge in [-0.2, -0.15) is 0 Å². The molecule has 0 spiro atoms. The zero-order valence-corrected chi connectivity index (χ0v) is 21.3. The van der Waals surface area contributed by atoms with E-state index in [0.29, 0.717) is 11.8 Å². The monoisotopic (exact) mass is 427 g/mol. The van der Waals surface area contributed by atoms with Crippen molar-refractivity contribution in [1.29, 1.82) is 0 Å². The predicted molar refractivity (Wildman–Crippen MR) is 140 cm³/mol. The summed E-state index contributed by atoms with van der Waals surface area (Å²) in [7, 11) is 1.95. The second-order valence-electron chi connectivity index (χ2n) is 8.65. The molecule has 0 heterocycles. The van der Waals surface area contributed by atoms with Crippen LogP contribution in [0.4, 0.5) is 0 Å². The van der Waals surface area contributed by atoms with Crippen molar-refractivity contribution in [2.24, 2.45) is 11.8 Å². The number of rotatable bonds is 14. The topological polar surface area (TPSA) is 12.0 Å². The molecule has 1 N–H and O–H groups in total. The van der Waals surface area contributed by atoms with E-state index in [1.165, 1.54) is 65.7 Å². The summed E-state index contributed by atoms with van der Waals surface area (Å²) in [5.41, 5.74) is 6.72. The molecule has 30 heavy (non-hydrogen) atoms. The first-order valence-corrected chi connectivity index (χ1v) is 12.7. The molecule has 2 atom stereocenters. The Kier molecular flexibility index (Phi) is 12.9. The second-order valence-corrected chi connectivity index (χ2v) is 9.87. The van der Waals surface area contributed by atoms with E-state index in [0.717, 1.165) is 12.8 Å². The van der Waals surface area contributed by atoms with Gasteiger partial charge in [0.2, 0.25) is 0 Å². The minimum absolute atomic E-state index is 0.488. The Bertz CT molecular complexity index is 689. The minimum Gasteiger partial charge on any atom is -0.394 e. The zero-order valence-electron chi connectivity index (χ0n) is 20.4. The van der Waals surface area contributed by atoms with Crippen LogP contribution < -0.4 is 5.32 Å². The van der Waals surface area contributed by atoms with Crippen LogP contribution in [0.1, 0.15) is 79.6 Å². The van der Waals surface area contributed by atoms with Crippen LogP contribution in [0.15, 0.2) is 70.4 Å². The van der Waals surface area contributed by atoms with E-state index < -0.39 is 0 Å². The Balaban J connectivity index is 2.70. The molecule has 0 bridgehead atoms. The molecule has 0 aromatic carbocycles. The van der Waals surface area contributed by atoms with Gasteiger partial charge in [0.15, 0.2) is 0 Å². The van der Waals surface area contributed by atoms with Gasteiger partial charge in [-0.15, -0.1) is 11.8 Å². The Labute approximate surface area is 191 Å². The molecule has 2 unspecified atom stereocenters. The molecule has 0 fully saturated rings. The molecule has 1 rings (SSSR count). The minimum atomic E-state index is 0.488. The summed E-state index contributed by atoms with van der Waals surface area (Å²) in [5.74, 6) is 2.24. The standard InChI is InChI=1S/C28H45NS/c1-9-11-15-27(10-2)30-18-16-21(3)25(7)28-23(5)19-26(20-24(28)6)22(4)14-12-13-17-29-8/h10,13,17,20-22,29H,5,7,9,11-12,14-16,18-19H2,1-4,6,8H3/b17-13+,27-10-. The van der Waals surface area contributed by atoms with Gasteiger partial charge in [-0.1, -0.05) is 64.2 Å². The van der Waals surface area contributed by atoms with Gasteiger partial charge in [0.05, 0.1) is 0 Å². The summed E-state index contributed by atoms with van der Waals surface area (Å²) >= 11 is 2.03. The number of nitrogens with one attached hydrogen (secondary N) is 1. The van der Waals surface area contributed by atoms with Crippen molar-refractivity contribution in [3.8, 4) is 0 Å². The smallest absolute Gasteiger partial charge is 0.00276 e. The van der Waals surface area contributed by atoms with Gasteiger partial charge in [0, 0.05) is 7.05 Å². The van der Waals surface area contributed by atoms with Gasteiger partial charge in [-0.3, -0.25) is 0 Å². The maximum Gasteiger partial charge on any atom is 0.00276 e. The maximum atomic E-state index is 4.50. The molecule has 1 nitrogen and oxygen atoms in total. The third kappa shape index (κ3) is 8.76. The average Bonchev–Trinajstić information content (AvgIpc) is 2.72. The second kappa shape index (κ2) is 14.6. The number of hydrogen-bond acceptors (Lipinski definition) is 2. The number of hydrogen-bond donors (Lipinski definition) is 1. The number of unbranched alkanes of at least 4 members (excludes halogenated alkanes) is 1. The van der Waals surface area contributed by atoms with Gasteiger partial charge >= 0.3 is 0 Å². The van der Waals surface area contributed by atoms with E-state index in [9.17, 15) is 0 Å². The van der Waals surface area contributed by atoms with Gasteiger partial charge in [-0.05, 0) is 103 Å². The quantitative estimate of drug-likeness (QED) is 0.297. The Hall–Kier alpha value is -1.41. The molecule has 0 aromatic heterocycles. The lowest BCUT2D eigenvalue weighted by Crippen LogP contribution is -2.12. The van der Waals surface area contributed by atoms with Crippen LogP contribution in [-0.4, -0.2) is 12.8 Å². The van der Waals surface area contributed by atoms with Crippen LogP contribution in [0.2, 0.25) is 0 Å². The summed E-state index contributed by atoms with van der Waals surface area (Å²) in [5, 5.41) is 3.07. The lowest BCUT2D eigenvalue weighted by Gasteiger charge is -2.28. The highest BCUT2D eigenvalue weighted by Gasteiger charge is 2.22. The SMILES string of the molecule is C=C1CC(C(C)CC/C=C/NC)=CC(C)=C1C(=C)C(C)CCS/C(=C\C)CCCC. The number of thioether (sulfide) groups is 1. The molecular weight excluding hydrogens is 382 g/mol. The first-order valence-electron chi connectivity index (χ1n) is 11.7. The first-order chi connectivity index (χ1) is 14.3. The van der Waals surface area contributed by atoms with Crippen LogP contribution in [-0.2, 0) is 0 Å². The highest BCUT2D eigenvalue weighted by atomic mass is 32.2. The van der Waals surface area contributed by atoms with E-state index in [2.05, 4.69) is 71.3 Å². The summed E-state index contributed by atoms with van der Waals surface area (Å²) in [4.78, 5) is 1.54. The predicted octanol–water partition coefficient (Wildman–Crippen LogP) is 8.75. The summed E-state index contributed by atoms with van der Waals surface area (Å²) in [6, 6.07) is 0. The van der Waals surface area contributed by atoms with Crippen LogP contribution in [0, 0.1) is 11.8 Å². The molecule has 168 valence electrons. The van der Waals surface area contributed by atoms with Crippen molar-refractivity contribution < 1.29 is 0 Å². The lowest BCUT2D eigenvalue weighted by molar-refractivity contribution is 0.602. The fourth-order valence-electron chi connectivity index (χ4n) is 3.98. The van der Waals surface area contributed by atoms with Crippen molar-refractivity contribution in [2.45, 2.75) is 79.6 Å². The van der Waals surface area contributed by atoms with Crippen LogP contribution in [0.5, 0.6) is 0 Å². The fourth-order valence-corrected chi connectivity index (χ4v) is 5.17. The van der Waals surface area contributed by atoms with Gasteiger partial charge < -0.3 is 5.32 Å². The fraction of sp³-hybridized carbons (Fsp3) is 0.571. The third-order valence-electron chi connectivity index (χ3n) is 6.10. The highest BCUT2D eigenvalue weighted by Crippen LogP contribution is 2.39. The van der Waals surface area contributed by atoms with E-state index in [1.54, 1.807) is 4.91 Å². The lowest BCUT2D eigenvalue weighted by atomic mass is 9.78. The van der Waals surface area contributed by atoms with Crippen molar-refractivity contribution in [3.63, 3.8) is 0 Å². The third-order valence-corrected chi connectivity index (χ3v) is 7.35. The Morgan fingerprint density at radius 1 is 1.30 bits per heavy atom. The Morgan fingerprint density at radius 3 is 2.63 bits per heavy atom. The summed E-state index contributed by atoms with van der Waals surface area (Å²) in [6.45, 7) is 20.3. The van der Waals surface area contributed by atoms with Crippen LogP contribution in [0.3, 0.4) is 0 Å². The van der Waals surface area contributed by atoms with Crippen molar-refractivity contribution >= 4 is 11.8 Å². The van der Waals surface area contributed by atoms with Crippen molar-refractivity contribution in [2.75, 3.05) is 12.8 Å². The van der Waals surface area contributed by atoms with Gasteiger partial charge in [-0.25, -0.2) is 0 Å². The van der Waals surface area contributed by atoms with E-state index in [-0.39, 0.29) is 0 Å². The highest BCUT2D eigenvalue weighted by molar-refractivity contribution is 8.03. The molecule has 1 aliphatic rings. The van der Waals surface area contributed by atoms with E-state index in [1.807, 2.05) is 25.0 Å². The molecule has 1 aliphatic carbocycles. The average molecular weight is 428 g/mol. The molecular formula is C28H45NS. The van der Waals surface area contributed by atoms with E-state index in [4.69, 9.17) is 0 Å². The molecule has 0 radical (unpaired) electrons. The Morgan fingerprint density at radius 2 is 2.03 bits per heavy atom. The van der Waals surface area contributed by atoms with Crippen LogP contribution in [0.25, 0.3) is 0 Å². The van der Waals surface area contributed by atoms with Gasteiger partial charge in [0.25, 0.3) is 0 Å². The molecule has 2 heteroatoms. The molecule has 0 aliphatic heterocycles. The summed E-state index contributed by atoms with van der Waals surface area (Å²) < 4.78 is 0. The zero-order chi connectivity index (χ0) is 22.5. The van der Waals surface area contributed by atoms with Crippen LogP contribution >= 0.6 is 11.8 Å². The summed E-state index contributed by atoms with van der Waals surface area (Å²) in [6.07, 6.45) is 17.2. The number of allylic oxidation sites excluding steroid dienone is 9. The largest absolute Gasteiger partial charge is 0.394 e. The maximum absolute atomic E-state index is 4.50.